The van der Waals surface area contributed by atoms with Gasteiger partial charge in [0.15, 0.2) is 5.25 Å². The molecule has 0 aromatic heterocycles. The van der Waals surface area contributed by atoms with Crippen LogP contribution in [0.5, 0.6) is 0 Å². The van der Waals surface area contributed by atoms with Crippen LogP contribution in [0.25, 0.3) is 0 Å². The van der Waals surface area contributed by atoms with E-state index >= 15 is 0 Å². The standard InChI is InChI=1S/C8H17.C4H6O7S.Na/c1-4-6-7-8(3)5-2;5-3(6)1-2(4(7)8)12(9,10)11;/h8H,3-7H2,1-2H3;2H,1H2,(H,5,6)(H,7,8)(H,9,10,11);/q-1;;+1. The van der Waals surface area contributed by atoms with Crippen LogP contribution in [0.4, 0.5) is 0 Å². The Labute approximate surface area is 148 Å². The molecule has 0 aliphatic heterocycles. The Hall–Kier alpha value is -0.150. The average molecular weight is 334 g/mol. The first-order chi connectivity index (χ1) is 9.06. The van der Waals surface area contributed by atoms with E-state index in [9.17, 15) is 18.0 Å². The second kappa shape index (κ2) is 13.5. The molecule has 0 bridgehead atoms. The van der Waals surface area contributed by atoms with Crippen molar-refractivity contribution in [1.29, 1.82) is 0 Å². The van der Waals surface area contributed by atoms with Crippen molar-refractivity contribution >= 4 is 22.1 Å². The molecular weight excluding hydrogens is 311 g/mol. The van der Waals surface area contributed by atoms with Crippen LogP contribution in [0.1, 0.15) is 46.0 Å². The van der Waals surface area contributed by atoms with Crippen LogP contribution in [0.15, 0.2) is 0 Å². The summed E-state index contributed by atoms with van der Waals surface area (Å²) in [5, 5.41) is 13.9. The quantitative estimate of drug-likeness (QED) is 0.290. The normalized spacial score (nSPS) is 13.1. The van der Waals surface area contributed by atoms with Crippen molar-refractivity contribution in [2.24, 2.45) is 5.92 Å². The molecule has 0 amide bonds. The third-order valence-corrected chi connectivity index (χ3v) is 3.63. The molecule has 3 N–H and O–H groups in total. The van der Waals surface area contributed by atoms with E-state index in [-0.39, 0.29) is 29.6 Å². The molecule has 0 saturated heterocycles. The molecule has 0 aromatic rings. The number of carboxylic acid groups (broad SMARTS) is 2. The molecule has 0 aliphatic rings. The van der Waals surface area contributed by atoms with Crippen LogP contribution >= 0.6 is 0 Å². The molecule has 21 heavy (non-hydrogen) atoms. The number of aliphatic carboxylic acids is 2. The zero-order valence-corrected chi connectivity index (χ0v) is 15.6. The van der Waals surface area contributed by atoms with Crippen molar-refractivity contribution < 1.29 is 62.3 Å². The van der Waals surface area contributed by atoms with Gasteiger partial charge in [-0.3, -0.25) is 14.1 Å². The molecule has 0 spiro atoms. The predicted molar refractivity (Wildman–Crippen MR) is 73.9 cm³/mol. The zero-order valence-electron chi connectivity index (χ0n) is 12.8. The van der Waals surface area contributed by atoms with Crippen LogP contribution in [0.2, 0.25) is 0 Å². The van der Waals surface area contributed by atoms with Gasteiger partial charge in [0.1, 0.15) is 0 Å². The summed E-state index contributed by atoms with van der Waals surface area (Å²) in [6.45, 7) is 8.42. The van der Waals surface area contributed by atoms with Crippen molar-refractivity contribution in [2.45, 2.75) is 51.2 Å². The van der Waals surface area contributed by atoms with Gasteiger partial charge in [-0.25, -0.2) is 0 Å². The van der Waals surface area contributed by atoms with Gasteiger partial charge in [0.25, 0.3) is 10.1 Å². The fourth-order valence-corrected chi connectivity index (χ4v) is 1.78. The van der Waals surface area contributed by atoms with E-state index in [2.05, 4.69) is 20.8 Å². The number of carboxylic acids is 2. The molecule has 2 unspecified atom stereocenters. The Balaban J connectivity index is -0.000000317. The van der Waals surface area contributed by atoms with E-state index in [4.69, 9.17) is 14.8 Å². The van der Waals surface area contributed by atoms with Gasteiger partial charge < -0.3 is 17.1 Å². The van der Waals surface area contributed by atoms with Gasteiger partial charge in [0.2, 0.25) is 0 Å². The Bertz CT molecular complexity index is 394. The minimum Gasteiger partial charge on any atom is -0.481 e. The summed E-state index contributed by atoms with van der Waals surface area (Å²) in [5.74, 6) is -2.80. The summed E-state index contributed by atoms with van der Waals surface area (Å²) < 4.78 is 28.7. The third-order valence-electron chi connectivity index (χ3n) is 2.54. The zero-order chi connectivity index (χ0) is 16.3. The molecule has 0 rings (SSSR count). The first-order valence-corrected chi connectivity index (χ1v) is 7.80. The minimum atomic E-state index is -4.84. The second-order valence-electron chi connectivity index (χ2n) is 4.36. The number of hydrogen-bond donors (Lipinski definition) is 3. The second-order valence-corrected chi connectivity index (χ2v) is 5.96. The molecule has 0 fully saturated rings. The first kappa shape index (κ1) is 25.8. The summed E-state index contributed by atoms with van der Waals surface area (Å²) in [4.78, 5) is 20.0. The molecule has 2 atom stereocenters. The van der Waals surface area contributed by atoms with Crippen LogP contribution in [0, 0.1) is 12.8 Å². The molecule has 120 valence electrons. The maximum absolute atomic E-state index is 10.2. The van der Waals surface area contributed by atoms with Crippen molar-refractivity contribution in [3.63, 3.8) is 0 Å². The molecule has 0 aromatic carbocycles. The van der Waals surface area contributed by atoms with Gasteiger partial charge in [-0.15, -0.1) is 0 Å². The summed E-state index contributed by atoms with van der Waals surface area (Å²) in [6, 6.07) is 0. The van der Waals surface area contributed by atoms with E-state index in [1.807, 2.05) is 0 Å². The van der Waals surface area contributed by atoms with Crippen LogP contribution < -0.4 is 29.6 Å². The monoisotopic (exact) mass is 334 g/mol. The van der Waals surface area contributed by atoms with E-state index in [0.717, 1.165) is 0 Å². The summed E-state index contributed by atoms with van der Waals surface area (Å²) in [7, 11) is -4.84. The molecule has 7 nitrogen and oxygen atoms in total. The number of hydrogen-bond acceptors (Lipinski definition) is 4. The van der Waals surface area contributed by atoms with Gasteiger partial charge in [0.05, 0.1) is 6.42 Å². The van der Waals surface area contributed by atoms with Gasteiger partial charge >= 0.3 is 41.5 Å². The summed E-state index contributed by atoms with van der Waals surface area (Å²) in [5.41, 5.74) is 0. The fraction of sp³-hybridized carbons (Fsp3) is 0.750. The smallest absolute Gasteiger partial charge is 0.481 e. The van der Waals surface area contributed by atoms with Crippen LogP contribution in [0.3, 0.4) is 0 Å². The van der Waals surface area contributed by atoms with Gasteiger partial charge in [0, 0.05) is 0 Å². The summed E-state index contributed by atoms with van der Waals surface area (Å²) >= 11 is 0. The Morgan fingerprint density at radius 2 is 1.67 bits per heavy atom. The molecule has 9 heteroatoms. The Morgan fingerprint density at radius 1 is 1.19 bits per heavy atom. The molecule has 0 heterocycles. The summed E-state index contributed by atoms with van der Waals surface area (Å²) in [6.07, 6.45) is 4.05. The first-order valence-electron chi connectivity index (χ1n) is 6.30. The molecule has 0 radical (unpaired) electrons. The number of rotatable bonds is 8. The van der Waals surface area contributed by atoms with Crippen molar-refractivity contribution in [3.05, 3.63) is 6.92 Å². The van der Waals surface area contributed by atoms with Crippen LogP contribution in [-0.2, 0) is 19.7 Å². The van der Waals surface area contributed by atoms with Crippen molar-refractivity contribution in [3.8, 4) is 0 Å². The van der Waals surface area contributed by atoms with Crippen LogP contribution in [-0.4, -0.2) is 40.4 Å². The Kier molecular flexibility index (Phi) is 16.6. The van der Waals surface area contributed by atoms with Gasteiger partial charge in [-0.1, -0.05) is 39.5 Å². The largest absolute Gasteiger partial charge is 1.00 e. The van der Waals surface area contributed by atoms with E-state index in [1.54, 1.807) is 0 Å². The number of unbranched alkanes of at least 4 members (excludes halogenated alkanes) is 1. The molecule has 0 aliphatic carbocycles. The van der Waals surface area contributed by atoms with Gasteiger partial charge in [-0.05, 0) is 0 Å². The topological polar surface area (TPSA) is 129 Å². The minimum absolute atomic E-state index is 0. The van der Waals surface area contributed by atoms with E-state index in [1.165, 1.54) is 25.7 Å². The van der Waals surface area contributed by atoms with Gasteiger partial charge in [-0.2, -0.15) is 14.3 Å². The van der Waals surface area contributed by atoms with Crippen molar-refractivity contribution in [2.75, 3.05) is 0 Å². The SMILES string of the molecule is O=C(O)CC(C(=O)O)S(=O)(=O)O.[CH2-]C(CC)CCCC.[Na+]. The molecular formula is C12H23NaO7S. The maximum Gasteiger partial charge on any atom is 1.00 e. The van der Waals surface area contributed by atoms with E-state index in [0.29, 0.717) is 5.92 Å². The number of carbonyl (C=O) groups is 2. The fourth-order valence-electron chi connectivity index (χ4n) is 1.18. The predicted octanol–water partition coefficient (Wildman–Crippen LogP) is -1.16. The average Bonchev–Trinajstić information content (AvgIpc) is 2.31. The molecule has 0 saturated carbocycles. The van der Waals surface area contributed by atoms with E-state index < -0.39 is 33.7 Å². The Morgan fingerprint density at radius 3 is 1.86 bits per heavy atom. The maximum atomic E-state index is 10.2. The third kappa shape index (κ3) is 16.1. The van der Waals surface area contributed by atoms with Crippen molar-refractivity contribution in [1.82, 2.24) is 0 Å².